The molecular formula is C40H59N5O8S. The fraction of sp³-hybridized carbons (Fsp3) is 0.675. The third kappa shape index (κ3) is 15.7. The molecule has 0 aliphatic heterocycles. The second-order valence-corrected chi connectivity index (χ2v) is 14.5. The molecule has 2 aromatic rings. The number of anilines is 1. The lowest BCUT2D eigenvalue weighted by atomic mass is 9.80. The Morgan fingerprint density at radius 3 is 2.09 bits per heavy atom. The highest BCUT2D eigenvalue weighted by molar-refractivity contribution is 7.16. The van der Waals surface area contributed by atoms with E-state index < -0.39 is 0 Å². The van der Waals surface area contributed by atoms with Crippen LogP contribution in [-0.2, 0) is 38.0 Å². The summed E-state index contributed by atoms with van der Waals surface area (Å²) in [5, 5.41) is 28.0. The molecule has 3 unspecified atom stereocenters. The van der Waals surface area contributed by atoms with Gasteiger partial charge in [-0.25, -0.2) is 0 Å². The second kappa shape index (κ2) is 25.6. The van der Waals surface area contributed by atoms with Gasteiger partial charge in [0.05, 0.1) is 95.4 Å². The average molecular weight is 770 g/mol. The molecule has 0 radical (unpaired) electrons. The number of nitrogens with zero attached hydrogens (tertiary/aromatic N) is 5. The first-order chi connectivity index (χ1) is 26.2. The van der Waals surface area contributed by atoms with E-state index in [4.69, 9.17) is 33.2 Å². The lowest BCUT2D eigenvalue weighted by Gasteiger charge is -2.29. The van der Waals surface area contributed by atoms with Gasteiger partial charge in [0.2, 0.25) is 0 Å². The zero-order valence-electron chi connectivity index (χ0n) is 33.0. The second-order valence-electron chi connectivity index (χ2n) is 13.5. The molecule has 1 fully saturated rings. The van der Waals surface area contributed by atoms with Gasteiger partial charge in [0, 0.05) is 18.8 Å². The van der Waals surface area contributed by atoms with Gasteiger partial charge in [0.1, 0.15) is 23.6 Å². The largest absolute Gasteiger partial charge is 0.463 e. The number of thiophene rings is 1. The summed E-state index contributed by atoms with van der Waals surface area (Å²) in [6.07, 6.45) is 4.24. The lowest BCUT2D eigenvalue weighted by Crippen LogP contribution is -2.38. The van der Waals surface area contributed by atoms with Crippen molar-refractivity contribution in [3.05, 3.63) is 39.8 Å². The Morgan fingerprint density at radius 1 is 0.889 bits per heavy atom. The van der Waals surface area contributed by atoms with Crippen molar-refractivity contribution in [1.82, 2.24) is 0 Å². The predicted octanol–water partition coefficient (Wildman–Crippen LogP) is 7.60. The van der Waals surface area contributed by atoms with Crippen molar-refractivity contribution in [1.29, 1.82) is 10.5 Å². The van der Waals surface area contributed by atoms with E-state index in [1.807, 2.05) is 32.9 Å². The number of ether oxygens (including phenoxy) is 7. The van der Waals surface area contributed by atoms with E-state index in [1.165, 1.54) is 17.8 Å². The number of carbonyl (C=O) groups is 1. The van der Waals surface area contributed by atoms with Crippen LogP contribution in [0, 0.1) is 48.3 Å². The van der Waals surface area contributed by atoms with Crippen LogP contribution in [0.5, 0.6) is 0 Å². The monoisotopic (exact) mass is 769 g/mol. The minimum absolute atomic E-state index is 0.0315. The van der Waals surface area contributed by atoms with Crippen molar-refractivity contribution in [2.75, 3.05) is 90.7 Å². The molecule has 1 aliphatic carbocycles. The summed E-state index contributed by atoms with van der Waals surface area (Å²) in [5.41, 5.74) is 3.67. The summed E-state index contributed by atoms with van der Waals surface area (Å²) >= 11 is 1.17. The van der Waals surface area contributed by atoms with Crippen molar-refractivity contribution in [2.45, 2.75) is 79.4 Å². The summed E-state index contributed by atoms with van der Waals surface area (Å²) in [4.78, 5) is 14.9. The molecule has 0 spiro atoms. The van der Waals surface area contributed by atoms with Gasteiger partial charge in [-0.15, -0.1) is 21.6 Å². The maximum absolute atomic E-state index is 12.2. The van der Waals surface area contributed by atoms with E-state index in [2.05, 4.69) is 47.2 Å². The number of hydrogen-bond acceptors (Lipinski definition) is 14. The molecule has 1 aliphatic rings. The van der Waals surface area contributed by atoms with Crippen LogP contribution >= 0.6 is 11.3 Å². The number of hydrogen-bond donors (Lipinski definition) is 0. The molecular weight excluding hydrogens is 711 g/mol. The van der Waals surface area contributed by atoms with Crippen LogP contribution in [-0.4, -0.2) is 104 Å². The third-order valence-corrected chi connectivity index (χ3v) is 10.2. The number of esters is 1. The summed E-state index contributed by atoms with van der Waals surface area (Å²) < 4.78 is 39.9. The first kappa shape index (κ1) is 44.9. The quantitative estimate of drug-likeness (QED) is 0.0527. The van der Waals surface area contributed by atoms with Crippen LogP contribution in [0.4, 0.5) is 16.4 Å². The summed E-state index contributed by atoms with van der Waals surface area (Å²) in [7, 11) is 0. The predicted molar refractivity (Wildman–Crippen MR) is 208 cm³/mol. The topological polar surface area (TPSA) is 157 Å². The molecule has 3 atom stereocenters. The highest BCUT2D eigenvalue weighted by Gasteiger charge is 2.28. The van der Waals surface area contributed by atoms with Crippen LogP contribution in [0.25, 0.3) is 0 Å². The van der Waals surface area contributed by atoms with Crippen LogP contribution in [0.1, 0.15) is 74.9 Å². The molecule has 0 saturated heterocycles. The molecule has 3 rings (SSSR count). The molecule has 54 heavy (non-hydrogen) atoms. The summed E-state index contributed by atoms with van der Waals surface area (Å²) in [6.45, 7) is 18.0. The maximum Gasteiger partial charge on any atom is 0.309 e. The van der Waals surface area contributed by atoms with Crippen LogP contribution in [0.3, 0.4) is 0 Å². The van der Waals surface area contributed by atoms with Gasteiger partial charge in [-0.3, -0.25) is 4.79 Å². The number of rotatable bonds is 26. The number of likely N-dealkylation sites (N-methyl/N-ethyl adjacent to an activating group) is 1. The van der Waals surface area contributed by atoms with Crippen LogP contribution < -0.4 is 4.90 Å². The standard InChI is InChI=1S/C40H59N5O8S/c1-7-45(33-12-13-37(31(5)24-33)43-44-39-36(25-41)32(6)38(26-42)54-39)27-34(28-53-29(2)3)51-22-20-49-18-16-47-14-15-48-17-19-50-21-23-52-40(46)35-11-9-8-10-30(35)4/h12-13,24,29-30,34-35H,7-11,14-23,27-28H2,1-6H3/b44-43+. The molecule has 13 nitrogen and oxygen atoms in total. The van der Waals surface area contributed by atoms with E-state index in [0.717, 1.165) is 37.1 Å². The fourth-order valence-corrected chi connectivity index (χ4v) is 6.86. The number of carbonyl (C=O) groups excluding carboxylic acids is 1. The molecule has 14 heteroatoms. The lowest BCUT2D eigenvalue weighted by molar-refractivity contribution is -0.153. The Kier molecular flexibility index (Phi) is 21.3. The van der Waals surface area contributed by atoms with Gasteiger partial charge in [-0.1, -0.05) is 19.8 Å². The van der Waals surface area contributed by atoms with Gasteiger partial charge in [-0.05, 0) is 82.7 Å². The van der Waals surface area contributed by atoms with Gasteiger partial charge in [0.15, 0.2) is 5.00 Å². The highest BCUT2D eigenvalue weighted by atomic mass is 32.1. The smallest absolute Gasteiger partial charge is 0.309 e. The SMILES string of the molecule is CCN(CC(COC(C)C)OCCOCCOCCOCCOCCOC(=O)C1CCCCC1C)c1ccc(/N=N/c2sc(C#N)c(C)c2C#N)c(C)c1. The van der Waals surface area contributed by atoms with Crippen molar-refractivity contribution < 1.29 is 38.0 Å². The van der Waals surface area contributed by atoms with E-state index in [0.29, 0.717) is 105 Å². The van der Waals surface area contributed by atoms with Gasteiger partial charge < -0.3 is 38.1 Å². The zero-order valence-corrected chi connectivity index (χ0v) is 33.8. The maximum atomic E-state index is 12.2. The zero-order chi connectivity index (χ0) is 39.1. The number of aryl methyl sites for hydroxylation is 1. The normalized spacial score (nSPS) is 16.4. The third-order valence-electron chi connectivity index (χ3n) is 9.14. The van der Waals surface area contributed by atoms with Crippen molar-refractivity contribution in [3.8, 4) is 12.1 Å². The Balaban J connectivity index is 1.29. The van der Waals surface area contributed by atoms with Crippen molar-refractivity contribution in [2.24, 2.45) is 22.1 Å². The Hall–Kier alpha value is -3.47. The van der Waals surface area contributed by atoms with Gasteiger partial charge in [-0.2, -0.15) is 10.5 Å². The molecule has 1 aromatic carbocycles. The average Bonchev–Trinajstić information content (AvgIpc) is 3.48. The Labute approximate surface area is 325 Å². The van der Waals surface area contributed by atoms with E-state index in [-0.39, 0.29) is 30.7 Å². The van der Waals surface area contributed by atoms with Crippen LogP contribution in [0.2, 0.25) is 0 Å². The van der Waals surface area contributed by atoms with Gasteiger partial charge in [0.25, 0.3) is 0 Å². The Bertz CT molecular complexity index is 1520. The van der Waals surface area contributed by atoms with E-state index in [9.17, 15) is 15.3 Å². The van der Waals surface area contributed by atoms with Gasteiger partial charge >= 0.3 is 5.97 Å². The number of nitriles is 2. The molecule has 0 amide bonds. The van der Waals surface area contributed by atoms with Crippen LogP contribution in [0.15, 0.2) is 28.4 Å². The molecule has 0 N–H and O–H groups in total. The number of azo groups is 1. The summed E-state index contributed by atoms with van der Waals surface area (Å²) in [5.74, 6) is 0.342. The highest BCUT2D eigenvalue weighted by Crippen LogP contribution is 2.36. The molecule has 1 aromatic heterocycles. The van der Waals surface area contributed by atoms with Crippen molar-refractivity contribution >= 4 is 33.7 Å². The summed E-state index contributed by atoms with van der Waals surface area (Å²) in [6, 6.07) is 10.2. The molecule has 298 valence electrons. The minimum Gasteiger partial charge on any atom is -0.463 e. The first-order valence-electron chi connectivity index (χ1n) is 19.1. The minimum atomic E-state index is -0.172. The molecule has 1 saturated carbocycles. The van der Waals surface area contributed by atoms with Crippen molar-refractivity contribution in [3.63, 3.8) is 0 Å². The van der Waals surface area contributed by atoms with E-state index in [1.54, 1.807) is 6.92 Å². The molecule has 1 heterocycles. The first-order valence-corrected chi connectivity index (χ1v) is 19.9. The fourth-order valence-electron chi connectivity index (χ4n) is 5.98. The Morgan fingerprint density at radius 2 is 1.52 bits per heavy atom. The number of benzene rings is 1. The molecule has 0 bridgehead atoms. The van der Waals surface area contributed by atoms with E-state index >= 15 is 0 Å².